The molecule has 4 fully saturated rings. The molecule has 6 nitrogen and oxygen atoms in total. The maximum atomic E-state index is 13.1. The summed E-state index contributed by atoms with van der Waals surface area (Å²) >= 11 is 0. The first-order valence-corrected chi connectivity index (χ1v) is 11.1. The maximum absolute atomic E-state index is 13.1. The first-order chi connectivity index (χ1) is 15.4. The van der Waals surface area contributed by atoms with Crippen molar-refractivity contribution in [3.8, 4) is 12.1 Å². The van der Waals surface area contributed by atoms with Crippen molar-refractivity contribution < 1.29 is 9.59 Å². The van der Waals surface area contributed by atoms with Crippen molar-refractivity contribution in [1.29, 1.82) is 10.5 Å². The third kappa shape index (κ3) is 3.63. The molecule has 2 aromatic rings. The van der Waals surface area contributed by atoms with Gasteiger partial charge in [0.25, 0.3) is 11.8 Å². The lowest BCUT2D eigenvalue weighted by atomic mass is 9.49. The summed E-state index contributed by atoms with van der Waals surface area (Å²) < 4.78 is 0. The van der Waals surface area contributed by atoms with Gasteiger partial charge in [0.2, 0.25) is 0 Å². The van der Waals surface area contributed by atoms with Crippen LogP contribution in [0.25, 0.3) is 0 Å². The van der Waals surface area contributed by atoms with Gasteiger partial charge in [-0.3, -0.25) is 9.59 Å². The van der Waals surface area contributed by atoms with Crippen molar-refractivity contribution in [2.24, 2.45) is 11.8 Å². The topological polar surface area (TPSA) is 106 Å². The number of carbonyl (C=O) groups is 2. The molecule has 0 aromatic heterocycles. The van der Waals surface area contributed by atoms with E-state index in [0.29, 0.717) is 40.5 Å². The van der Waals surface area contributed by atoms with Crippen LogP contribution in [0.5, 0.6) is 0 Å². The van der Waals surface area contributed by atoms with Gasteiger partial charge >= 0.3 is 0 Å². The molecular weight excluding hydrogens is 400 g/mol. The van der Waals surface area contributed by atoms with Gasteiger partial charge in [-0.1, -0.05) is 12.1 Å². The Balaban J connectivity index is 1.38. The molecule has 0 spiro atoms. The summed E-state index contributed by atoms with van der Waals surface area (Å²) in [6.45, 7) is 0. The molecular formula is C26H24N4O2. The lowest BCUT2D eigenvalue weighted by Gasteiger charge is -2.62. The van der Waals surface area contributed by atoms with Gasteiger partial charge in [0.05, 0.1) is 23.3 Å². The van der Waals surface area contributed by atoms with Crippen molar-refractivity contribution >= 4 is 11.8 Å². The Bertz CT molecular complexity index is 1090. The molecule has 0 atom stereocenters. The summed E-state index contributed by atoms with van der Waals surface area (Å²) in [5.74, 6) is 0.611. The van der Waals surface area contributed by atoms with Crippen LogP contribution < -0.4 is 10.6 Å². The van der Waals surface area contributed by atoms with Crippen molar-refractivity contribution in [2.45, 2.75) is 49.6 Å². The van der Waals surface area contributed by atoms with Crippen LogP contribution in [-0.2, 0) is 0 Å². The van der Waals surface area contributed by atoms with Crippen LogP contribution in [-0.4, -0.2) is 22.9 Å². The van der Waals surface area contributed by atoms with Crippen LogP contribution in [0, 0.1) is 34.5 Å². The second-order valence-corrected chi connectivity index (χ2v) is 9.82. The SMILES string of the molecule is N#Cc1cccc(C(=O)NC23CC4CC(C2)CC(NC(=O)c2cccc(C#N)c2)(C4)C3)c1. The van der Waals surface area contributed by atoms with Gasteiger partial charge in [-0.25, -0.2) is 0 Å². The molecule has 0 radical (unpaired) electrons. The second-order valence-electron chi connectivity index (χ2n) is 9.82. The third-order valence-corrected chi connectivity index (χ3v) is 7.33. The first-order valence-electron chi connectivity index (χ1n) is 11.1. The zero-order valence-corrected chi connectivity index (χ0v) is 17.7. The average Bonchev–Trinajstić information content (AvgIpc) is 2.77. The predicted molar refractivity (Wildman–Crippen MR) is 117 cm³/mol. The molecule has 160 valence electrons. The minimum atomic E-state index is -0.342. The highest BCUT2D eigenvalue weighted by Crippen LogP contribution is 2.57. The Morgan fingerprint density at radius 3 is 1.62 bits per heavy atom. The highest BCUT2D eigenvalue weighted by atomic mass is 16.2. The minimum Gasteiger partial charge on any atom is -0.346 e. The summed E-state index contributed by atoms with van der Waals surface area (Å²) in [5, 5.41) is 24.9. The number of carbonyl (C=O) groups excluding carboxylic acids is 2. The Morgan fingerprint density at radius 1 is 0.781 bits per heavy atom. The summed E-state index contributed by atoms with van der Waals surface area (Å²) in [7, 11) is 0. The summed E-state index contributed by atoms with van der Waals surface area (Å²) in [4.78, 5) is 26.2. The zero-order valence-electron chi connectivity index (χ0n) is 17.7. The fourth-order valence-corrected chi connectivity index (χ4v) is 6.64. The van der Waals surface area contributed by atoms with Crippen molar-refractivity contribution in [1.82, 2.24) is 10.6 Å². The molecule has 0 heterocycles. The van der Waals surface area contributed by atoms with Gasteiger partial charge in [0.1, 0.15) is 0 Å². The molecule has 4 saturated carbocycles. The van der Waals surface area contributed by atoms with E-state index in [1.807, 2.05) is 0 Å². The van der Waals surface area contributed by atoms with Gasteiger partial charge in [-0.15, -0.1) is 0 Å². The highest BCUT2D eigenvalue weighted by Gasteiger charge is 2.58. The molecule has 32 heavy (non-hydrogen) atoms. The number of benzene rings is 2. The molecule has 0 unspecified atom stereocenters. The number of nitrogens with one attached hydrogen (secondary N) is 2. The highest BCUT2D eigenvalue weighted by molar-refractivity contribution is 5.96. The molecule has 2 aromatic carbocycles. The van der Waals surface area contributed by atoms with Gasteiger partial charge in [0.15, 0.2) is 0 Å². The number of hydrogen-bond donors (Lipinski definition) is 2. The summed E-state index contributed by atoms with van der Waals surface area (Å²) in [6, 6.07) is 17.7. The van der Waals surface area contributed by atoms with Crippen LogP contribution >= 0.6 is 0 Å². The average molecular weight is 425 g/mol. The van der Waals surface area contributed by atoms with Gasteiger partial charge < -0.3 is 10.6 Å². The number of nitrogens with zero attached hydrogens (tertiary/aromatic N) is 2. The Hall–Kier alpha value is -3.64. The van der Waals surface area contributed by atoms with Gasteiger partial charge in [-0.05, 0) is 86.8 Å². The fourth-order valence-electron chi connectivity index (χ4n) is 6.64. The largest absolute Gasteiger partial charge is 0.346 e. The minimum absolute atomic E-state index is 0.160. The quantitative estimate of drug-likeness (QED) is 0.781. The second kappa shape index (κ2) is 7.50. The summed E-state index contributed by atoms with van der Waals surface area (Å²) in [6.07, 6.45) is 5.55. The van der Waals surface area contributed by atoms with E-state index in [2.05, 4.69) is 22.8 Å². The first kappa shape index (κ1) is 20.3. The Morgan fingerprint density at radius 2 is 1.22 bits per heavy atom. The number of hydrogen-bond acceptors (Lipinski definition) is 4. The maximum Gasteiger partial charge on any atom is 0.251 e. The van der Waals surface area contributed by atoms with Crippen molar-refractivity contribution in [3.63, 3.8) is 0 Å². The van der Waals surface area contributed by atoms with Crippen LogP contribution in [0.1, 0.15) is 70.4 Å². The van der Waals surface area contributed by atoms with E-state index in [9.17, 15) is 9.59 Å². The van der Waals surface area contributed by atoms with Gasteiger partial charge in [-0.2, -0.15) is 10.5 Å². The van der Waals surface area contributed by atoms with Gasteiger partial charge in [0, 0.05) is 22.2 Å². The number of amides is 2. The van der Waals surface area contributed by atoms with E-state index in [4.69, 9.17) is 10.5 Å². The van der Waals surface area contributed by atoms with Crippen LogP contribution in [0.2, 0.25) is 0 Å². The van der Waals surface area contributed by atoms with E-state index in [1.54, 1.807) is 48.5 Å². The smallest absolute Gasteiger partial charge is 0.251 e. The van der Waals surface area contributed by atoms with E-state index in [1.165, 1.54) is 0 Å². The Labute approximate surface area is 187 Å². The predicted octanol–water partition coefficient (Wildman–Crippen LogP) is 3.68. The van der Waals surface area contributed by atoms with E-state index < -0.39 is 0 Å². The third-order valence-electron chi connectivity index (χ3n) is 7.33. The Kier molecular flexibility index (Phi) is 4.75. The molecule has 4 aliphatic rings. The molecule has 4 bridgehead atoms. The van der Waals surface area contributed by atoms with Crippen LogP contribution in [0.15, 0.2) is 48.5 Å². The van der Waals surface area contributed by atoms with E-state index in [0.717, 1.165) is 32.1 Å². The van der Waals surface area contributed by atoms with Crippen molar-refractivity contribution in [2.75, 3.05) is 0 Å². The normalized spacial score (nSPS) is 29.6. The molecule has 4 aliphatic carbocycles. The standard InChI is InChI=1S/C26H24N4O2/c27-14-17-3-1-5-21(8-17)23(31)29-25-10-19-7-20(11-25)13-26(12-19,16-25)30-24(32)22-6-2-4-18(9-22)15-28/h1-6,8-9,19-20H,7,10-13,16H2,(H,29,31)(H,30,32). The van der Waals surface area contributed by atoms with Crippen LogP contribution in [0.4, 0.5) is 0 Å². The van der Waals surface area contributed by atoms with E-state index >= 15 is 0 Å². The molecule has 0 aliphatic heterocycles. The number of rotatable bonds is 4. The molecule has 6 rings (SSSR count). The monoisotopic (exact) mass is 424 g/mol. The lowest BCUT2D eigenvalue weighted by molar-refractivity contribution is -0.0448. The molecule has 0 saturated heterocycles. The molecule has 2 amide bonds. The van der Waals surface area contributed by atoms with E-state index in [-0.39, 0.29) is 22.9 Å². The summed E-state index contributed by atoms with van der Waals surface area (Å²) in [5.41, 5.74) is 1.23. The van der Waals surface area contributed by atoms with Crippen LogP contribution in [0.3, 0.4) is 0 Å². The fraction of sp³-hybridized carbons (Fsp3) is 0.385. The number of nitriles is 2. The molecule has 6 heteroatoms. The zero-order chi connectivity index (χ0) is 22.3. The lowest BCUT2D eigenvalue weighted by Crippen LogP contribution is -2.69. The van der Waals surface area contributed by atoms with Crippen molar-refractivity contribution in [3.05, 3.63) is 70.8 Å². The molecule has 2 N–H and O–H groups in total.